The highest BCUT2D eigenvalue weighted by molar-refractivity contribution is 7.15. The smallest absolute Gasteiger partial charge is 0.163 e. The molecular weight excluding hydrogens is 246 g/mol. The largest absolute Gasteiger partial charge is 0.456 e. The number of Topliss-reactive ketones (excluding diaryl/α,β-unsaturated/α-hetero) is 1. The highest BCUT2D eigenvalue weighted by Gasteiger charge is 2.18. The number of benzene rings is 1. The van der Waals surface area contributed by atoms with E-state index in [1.165, 1.54) is 18.3 Å². The minimum atomic E-state index is -0.0378. The fraction of sp³-hybridized carbons (Fsp3) is 0.0714. The van der Waals surface area contributed by atoms with Gasteiger partial charge >= 0.3 is 0 Å². The molecule has 0 saturated heterocycles. The molecule has 90 valence electrons. The van der Waals surface area contributed by atoms with Crippen molar-refractivity contribution in [2.75, 3.05) is 5.73 Å². The van der Waals surface area contributed by atoms with Crippen LogP contribution in [-0.2, 0) is 0 Å². The first-order valence-electron chi connectivity index (χ1n) is 5.53. The minimum absolute atomic E-state index is 0.0378. The summed E-state index contributed by atoms with van der Waals surface area (Å²) in [7, 11) is 0. The van der Waals surface area contributed by atoms with Crippen LogP contribution in [-0.4, -0.2) is 5.78 Å². The molecule has 2 heterocycles. The van der Waals surface area contributed by atoms with Crippen LogP contribution in [0.2, 0.25) is 0 Å². The molecule has 3 aromatic rings. The molecule has 0 aliphatic rings. The fourth-order valence-electron chi connectivity index (χ4n) is 2.03. The summed E-state index contributed by atoms with van der Waals surface area (Å²) in [4.78, 5) is 11.6. The molecule has 0 amide bonds. The van der Waals surface area contributed by atoms with E-state index in [0.717, 1.165) is 16.5 Å². The summed E-state index contributed by atoms with van der Waals surface area (Å²) in [5, 5.41) is 3.42. The molecule has 3 nitrogen and oxygen atoms in total. The number of carbonyl (C=O) groups excluding carboxylic acids is 1. The van der Waals surface area contributed by atoms with Gasteiger partial charge in [0.2, 0.25) is 0 Å². The van der Waals surface area contributed by atoms with Gasteiger partial charge in [-0.15, -0.1) is 11.3 Å². The summed E-state index contributed by atoms with van der Waals surface area (Å²) in [6.07, 6.45) is 0. The van der Waals surface area contributed by atoms with Crippen LogP contribution in [0.1, 0.15) is 17.3 Å². The van der Waals surface area contributed by atoms with Crippen LogP contribution >= 0.6 is 11.3 Å². The number of nitrogens with two attached hydrogens (primary N) is 1. The van der Waals surface area contributed by atoms with Crippen molar-refractivity contribution in [3.63, 3.8) is 0 Å². The Labute approximate surface area is 108 Å². The van der Waals surface area contributed by atoms with Gasteiger partial charge in [-0.2, -0.15) is 0 Å². The number of hydrogen-bond acceptors (Lipinski definition) is 4. The maximum Gasteiger partial charge on any atom is 0.163 e. The Hall–Kier alpha value is -2.07. The lowest BCUT2D eigenvalue weighted by Gasteiger charge is -1.97. The summed E-state index contributed by atoms with van der Waals surface area (Å²) >= 11 is 1.36. The molecule has 0 fully saturated rings. The number of hydrogen-bond donors (Lipinski definition) is 1. The van der Waals surface area contributed by atoms with Crippen LogP contribution in [0.3, 0.4) is 0 Å². The lowest BCUT2D eigenvalue weighted by Crippen LogP contribution is -1.96. The van der Waals surface area contributed by atoms with Gasteiger partial charge in [-0.1, -0.05) is 18.2 Å². The van der Waals surface area contributed by atoms with Gasteiger partial charge in [-0.25, -0.2) is 0 Å². The molecular formula is C14H11NO2S. The van der Waals surface area contributed by atoms with Crippen LogP contribution in [0.4, 0.5) is 5.00 Å². The van der Waals surface area contributed by atoms with Crippen LogP contribution in [0.5, 0.6) is 0 Å². The second-order valence-electron chi connectivity index (χ2n) is 4.09. The van der Waals surface area contributed by atoms with Crippen LogP contribution in [0, 0.1) is 0 Å². The molecule has 3 rings (SSSR count). The van der Waals surface area contributed by atoms with Crippen molar-refractivity contribution in [2.24, 2.45) is 0 Å². The number of rotatable bonds is 2. The molecule has 1 aromatic carbocycles. The van der Waals surface area contributed by atoms with Crippen molar-refractivity contribution in [2.45, 2.75) is 6.92 Å². The van der Waals surface area contributed by atoms with Crippen molar-refractivity contribution in [3.8, 4) is 11.3 Å². The molecule has 0 aliphatic heterocycles. The number of nitrogen functional groups attached to an aromatic ring is 1. The van der Waals surface area contributed by atoms with Gasteiger partial charge in [0, 0.05) is 16.3 Å². The zero-order valence-electron chi connectivity index (χ0n) is 9.77. The Morgan fingerprint density at radius 3 is 2.83 bits per heavy atom. The lowest BCUT2D eigenvalue weighted by atomic mass is 10.1. The second-order valence-corrected chi connectivity index (χ2v) is 5.00. The third-order valence-electron chi connectivity index (χ3n) is 2.86. The quantitative estimate of drug-likeness (QED) is 0.707. The molecule has 0 atom stereocenters. The van der Waals surface area contributed by atoms with Gasteiger partial charge in [0.25, 0.3) is 0 Å². The molecule has 2 aromatic heterocycles. The number of thiophene rings is 1. The number of furan rings is 1. The van der Waals surface area contributed by atoms with E-state index < -0.39 is 0 Å². The van der Waals surface area contributed by atoms with Crippen molar-refractivity contribution >= 4 is 33.1 Å². The molecule has 0 unspecified atom stereocenters. The Kier molecular flexibility index (Phi) is 2.45. The summed E-state index contributed by atoms with van der Waals surface area (Å²) in [5.74, 6) is 0.651. The van der Waals surface area contributed by atoms with Crippen LogP contribution < -0.4 is 5.73 Å². The number of para-hydroxylation sites is 1. The number of ketones is 1. The maximum atomic E-state index is 11.6. The predicted octanol–water partition coefficient (Wildman–Crippen LogP) is 3.95. The van der Waals surface area contributed by atoms with Crippen LogP contribution in [0.25, 0.3) is 22.3 Å². The van der Waals surface area contributed by atoms with Crippen molar-refractivity contribution in [3.05, 3.63) is 41.3 Å². The molecule has 0 radical (unpaired) electrons. The van der Waals surface area contributed by atoms with Crippen molar-refractivity contribution in [1.82, 2.24) is 0 Å². The van der Waals surface area contributed by atoms with E-state index in [9.17, 15) is 4.79 Å². The van der Waals surface area contributed by atoms with E-state index in [2.05, 4.69) is 0 Å². The van der Waals surface area contributed by atoms with Gasteiger partial charge in [-0.3, -0.25) is 4.79 Å². The molecule has 18 heavy (non-hydrogen) atoms. The third kappa shape index (κ3) is 1.62. The zero-order valence-corrected chi connectivity index (χ0v) is 10.6. The van der Waals surface area contributed by atoms with Crippen LogP contribution in [0.15, 0.2) is 40.1 Å². The van der Waals surface area contributed by atoms with E-state index in [0.29, 0.717) is 16.3 Å². The van der Waals surface area contributed by atoms with E-state index in [1.807, 2.05) is 35.7 Å². The third-order valence-corrected chi connectivity index (χ3v) is 3.67. The van der Waals surface area contributed by atoms with Gasteiger partial charge in [0.1, 0.15) is 11.3 Å². The van der Waals surface area contributed by atoms with Crippen molar-refractivity contribution in [1.29, 1.82) is 0 Å². The zero-order chi connectivity index (χ0) is 12.7. The second kappa shape index (κ2) is 3.99. The summed E-state index contributed by atoms with van der Waals surface area (Å²) < 4.78 is 5.76. The molecule has 2 N–H and O–H groups in total. The molecule has 0 spiro atoms. The minimum Gasteiger partial charge on any atom is -0.456 e. The topological polar surface area (TPSA) is 56.2 Å². The SMILES string of the molecule is CC(=O)c1c(-c2cc3ccccc3o2)csc1N. The van der Waals surface area contributed by atoms with Gasteiger partial charge in [0.15, 0.2) is 5.78 Å². The highest BCUT2D eigenvalue weighted by Crippen LogP contribution is 2.36. The molecule has 0 saturated carbocycles. The standard InChI is InChI=1S/C14H11NO2S/c1-8(16)13-10(7-18-14(13)15)12-6-9-4-2-3-5-11(9)17-12/h2-7H,15H2,1H3. The first kappa shape index (κ1) is 11.0. The molecule has 0 aliphatic carbocycles. The number of carbonyl (C=O) groups is 1. The highest BCUT2D eigenvalue weighted by atomic mass is 32.1. The summed E-state index contributed by atoms with van der Waals surface area (Å²) in [6.45, 7) is 1.52. The maximum absolute atomic E-state index is 11.6. The predicted molar refractivity (Wildman–Crippen MR) is 73.9 cm³/mol. The Bertz CT molecular complexity index is 706. The van der Waals surface area contributed by atoms with E-state index in [4.69, 9.17) is 10.2 Å². The van der Waals surface area contributed by atoms with E-state index >= 15 is 0 Å². The first-order chi connectivity index (χ1) is 8.66. The summed E-state index contributed by atoms with van der Waals surface area (Å²) in [5.41, 5.74) is 7.98. The van der Waals surface area contributed by atoms with E-state index in [-0.39, 0.29) is 5.78 Å². The van der Waals surface area contributed by atoms with Crippen molar-refractivity contribution < 1.29 is 9.21 Å². The lowest BCUT2D eigenvalue weighted by molar-refractivity contribution is 0.101. The number of fused-ring (bicyclic) bond motifs is 1. The Morgan fingerprint density at radius 2 is 2.11 bits per heavy atom. The fourth-order valence-corrected chi connectivity index (χ4v) is 2.88. The Morgan fingerprint density at radius 1 is 1.33 bits per heavy atom. The van der Waals surface area contributed by atoms with Gasteiger partial charge in [0.05, 0.1) is 10.6 Å². The monoisotopic (exact) mass is 257 g/mol. The molecule has 0 bridgehead atoms. The first-order valence-corrected chi connectivity index (χ1v) is 6.41. The normalized spacial score (nSPS) is 10.9. The van der Waals surface area contributed by atoms with Gasteiger partial charge in [-0.05, 0) is 19.1 Å². The van der Waals surface area contributed by atoms with Gasteiger partial charge < -0.3 is 10.2 Å². The van der Waals surface area contributed by atoms with E-state index in [1.54, 1.807) is 0 Å². The summed E-state index contributed by atoms with van der Waals surface area (Å²) in [6, 6.07) is 9.69. The number of anilines is 1. The Balaban J connectivity index is 2.23. The average Bonchev–Trinajstić information content (AvgIpc) is 2.91. The molecule has 4 heteroatoms. The average molecular weight is 257 g/mol.